The molecule has 3 heterocycles. The van der Waals surface area contributed by atoms with Crippen LogP contribution in [0.3, 0.4) is 0 Å². The Morgan fingerprint density at radius 3 is 2.79 bits per heavy atom. The van der Waals surface area contributed by atoms with E-state index in [1.54, 1.807) is 17.4 Å². The number of amides is 1. The van der Waals surface area contributed by atoms with E-state index in [0.29, 0.717) is 17.1 Å². The fourth-order valence-electron chi connectivity index (χ4n) is 4.28. The fraction of sp³-hybridized carbons (Fsp3) is 0.320. The highest BCUT2D eigenvalue weighted by molar-refractivity contribution is 7.22. The molecule has 0 radical (unpaired) electrons. The molecule has 1 saturated heterocycles. The summed E-state index contributed by atoms with van der Waals surface area (Å²) < 4.78 is 16.2. The summed E-state index contributed by atoms with van der Waals surface area (Å²) in [6.07, 6.45) is 1.73. The lowest BCUT2D eigenvalue weighted by Crippen LogP contribution is -2.43. The number of nitrogens with one attached hydrogen (secondary N) is 1. The number of thiazole rings is 1. The van der Waals surface area contributed by atoms with Gasteiger partial charge in [-0.15, -0.1) is 0 Å². The normalized spacial score (nSPS) is 16.2. The number of benzene rings is 2. The number of fused-ring (bicyclic) bond motifs is 1. The van der Waals surface area contributed by atoms with E-state index < -0.39 is 0 Å². The van der Waals surface area contributed by atoms with E-state index in [-0.39, 0.29) is 24.2 Å². The van der Waals surface area contributed by atoms with Crippen LogP contribution in [0.4, 0.5) is 9.52 Å². The number of anilines is 1. The molecular formula is C25H25ClFN5OS. The van der Waals surface area contributed by atoms with Gasteiger partial charge in [-0.05, 0) is 56.5 Å². The molecule has 1 aliphatic heterocycles. The van der Waals surface area contributed by atoms with Gasteiger partial charge in [0.15, 0.2) is 10.8 Å². The summed E-state index contributed by atoms with van der Waals surface area (Å²) in [6, 6.07) is 12.5. The summed E-state index contributed by atoms with van der Waals surface area (Å²) in [5.41, 5.74) is 4.67. The highest BCUT2D eigenvalue weighted by Gasteiger charge is 2.28. The standard InChI is InChI=1S/C25H25ClFN5OS/c1-15-5-9-20(10-6-15)32-23-22(16(2)30-32)34-25(29-23)31-11-3-4-18(14-31)24(33)28-13-17-7-8-19(27)12-21(17)26/h5-10,12,18H,3-4,11,13-14H2,1-2H3,(H,28,33)/t18-/m0/s1. The van der Waals surface area contributed by atoms with Crippen LogP contribution in [0, 0.1) is 25.6 Å². The van der Waals surface area contributed by atoms with Crippen molar-refractivity contribution in [2.45, 2.75) is 33.2 Å². The predicted molar refractivity (Wildman–Crippen MR) is 134 cm³/mol. The quantitative estimate of drug-likeness (QED) is 0.399. The van der Waals surface area contributed by atoms with Crippen molar-refractivity contribution in [2.75, 3.05) is 18.0 Å². The van der Waals surface area contributed by atoms with Gasteiger partial charge in [0.05, 0.1) is 22.0 Å². The minimum Gasteiger partial charge on any atom is -0.352 e. The molecule has 1 N–H and O–H groups in total. The van der Waals surface area contributed by atoms with Gasteiger partial charge < -0.3 is 10.2 Å². The molecule has 0 spiro atoms. The maximum atomic E-state index is 13.3. The lowest BCUT2D eigenvalue weighted by Gasteiger charge is -2.31. The molecule has 2 aromatic carbocycles. The van der Waals surface area contributed by atoms with E-state index in [2.05, 4.69) is 41.4 Å². The van der Waals surface area contributed by atoms with Gasteiger partial charge in [-0.25, -0.2) is 9.07 Å². The van der Waals surface area contributed by atoms with Gasteiger partial charge in [-0.1, -0.05) is 46.7 Å². The molecule has 5 rings (SSSR count). The Morgan fingerprint density at radius 1 is 1.24 bits per heavy atom. The van der Waals surface area contributed by atoms with Crippen molar-refractivity contribution < 1.29 is 9.18 Å². The molecule has 34 heavy (non-hydrogen) atoms. The van der Waals surface area contributed by atoms with E-state index in [9.17, 15) is 9.18 Å². The SMILES string of the molecule is Cc1ccc(-n2nc(C)c3sc(N4CCC[C@H](C(=O)NCc5ccc(F)cc5Cl)C4)nc32)cc1. The first-order valence-electron chi connectivity index (χ1n) is 11.3. The summed E-state index contributed by atoms with van der Waals surface area (Å²) in [6.45, 7) is 5.81. The minimum absolute atomic E-state index is 0.0202. The second-order valence-electron chi connectivity index (χ2n) is 8.72. The fourth-order valence-corrected chi connectivity index (χ4v) is 5.54. The molecule has 2 aromatic heterocycles. The van der Waals surface area contributed by atoms with Crippen LogP contribution in [0.2, 0.25) is 5.02 Å². The molecule has 1 fully saturated rings. The van der Waals surface area contributed by atoms with E-state index in [1.807, 2.05) is 11.6 Å². The molecule has 176 valence electrons. The van der Waals surface area contributed by atoms with E-state index in [4.69, 9.17) is 21.7 Å². The molecular weight excluding hydrogens is 473 g/mol. The largest absolute Gasteiger partial charge is 0.352 e. The van der Waals surface area contributed by atoms with Gasteiger partial charge in [0.25, 0.3) is 0 Å². The maximum Gasteiger partial charge on any atom is 0.225 e. The Balaban J connectivity index is 1.31. The van der Waals surface area contributed by atoms with Crippen molar-refractivity contribution >= 4 is 44.3 Å². The number of aromatic nitrogens is 3. The van der Waals surface area contributed by atoms with Crippen LogP contribution in [0.15, 0.2) is 42.5 Å². The van der Waals surface area contributed by atoms with Crippen molar-refractivity contribution in [1.82, 2.24) is 20.1 Å². The molecule has 1 amide bonds. The van der Waals surface area contributed by atoms with Crippen LogP contribution in [0.1, 0.15) is 29.7 Å². The van der Waals surface area contributed by atoms with Crippen molar-refractivity contribution in [1.29, 1.82) is 0 Å². The highest BCUT2D eigenvalue weighted by Crippen LogP contribution is 2.34. The smallest absolute Gasteiger partial charge is 0.225 e. The predicted octanol–water partition coefficient (Wildman–Crippen LogP) is 5.42. The third-order valence-corrected chi connectivity index (χ3v) is 7.75. The van der Waals surface area contributed by atoms with E-state index in [0.717, 1.165) is 46.2 Å². The molecule has 0 aliphatic carbocycles. The summed E-state index contributed by atoms with van der Waals surface area (Å²) in [4.78, 5) is 20.0. The Labute approximate surface area is 206 Å². The maximum absolute atomic E-state index is 13.3. The zero-order valence-electron chi connectivity index (χ0n) is 19.0. The van der Waals surface area contributed by atoms with Crippen molar-refractivity contribution in [3.8, 4) is 5.69 Å². The second-order valence-corrected chi connectivity index (χ2v) is 10.1. The van der Waals surface area contributed by atoms with Crippen LogP contribution in [0.5, 0.6) is 0 Å². The zero-order valence-corrected chi connectivity index (χ0v) is 20.6. The Morgan fingerprint density at radius 2 is 2.03 bits per heavy atom. The molecule has 1 aliphatic rings. The highest BCUT2D eigenvalue weighted by atomic mass is 35.5. The van der Waals surface area contributed by atoms with Crippen LogP contribution in [-0.2, 0) is 11.3 Å². The number of carbonyl (C=O) groups excluding carboxylic acids is 1. The van der Waals surface area contributed by atoms with Gasteiger partial charge in [0.2, 0.25) is 5.91 Å². The average molecular weight is 498 g/mol. The first-order valence-corrected chi connectivity index (χ1v) is 12.5. The van der Waals surface area contributed by atoms with Crippen LogP contribution in [0.25, 0.3) is 16.0 Å². The number of hydrogen-bond donors (Lipinski definition) is 1. The van der Waals surface area contributed by atoms with Crippen molar-refractivity contribution in [3.05, 3.63) is 70.1 Å². The Hall–Kier alpha value is -2.97. The number of hydrogen-bond acceptors (Lipinski definition) is 5. The van der Waals surface area contributed by atoms with Gasteiger partial charge in [-0.2, -0.15) is 10.1 Å². The monoisotopic (exact) mass is 497 g/mol. The summed E-state index contributed by atoms with van der Waals surface area (Å²) in [5.74, 6) is -0.553. The number of aryl methyl sites for hydroxylation is 2. The minimum atomic E-state index is -0.389. The van der Waals surface area contributed by atoms with Gasteiger partial charge >= 0.3 is 0 Å². The lowest BCUT2D eigenvalue weighted by atomic mass is 9.97. The van der Waals surface area contributed by atoms with Gasteiger partial charge in [0.1, 0.15) is 5.82 Å². The summed E-state index contributed by atoms with van der Waals surface area (Å²) in [5, 5.41) is 8.89. The second kappa shape index (κ2) is 9.35. The molecule has 6 nitrogen and oxygen atoms in total. The average Bonchev–Trinajstić information content (AvgIpc) is 3.40. The molecule has 0 unspecified atom stereocenters. The first-order chi connectivity index (χ1) is 16.4. The molecule has 9 heteroatoms. The first kappa shape index (κ1) is 22.8. The Kier molecular flexibility index (Phi) is 6.27. The van der Waals surface area contributed by atoms with Crippen LogP contribution < -0.4 is 10.2 Å². The zero-order chi connectivity index (χ0) is 23.8. The van der Waals surface area contributed by atoms with Crippen molar-refractivity contribution in [2.24, 2.45) is 5.92 Å². The van der Waals surface area contributed by atoms with Crippen molar-refractivity contribution in [3.63, 3.8) is 0 Å². The van der Waals surface area contributed by atoms with E-state index in [1.165, 1.54) is 17.7 Å². The number of rotatable bonds is 5. The molecule has 0 bridgehead atoms. The number of halogens is 2. The number of carbonyl (C=O) groups is 1. The number of piperidine rings is 1. The molecule has 4 aromatic rings. The topological polar surface area (TPSA) is 63.1 Å². The van der Waals surface area contributed by atoms with Crippen LogP contribution >= 0.6 is 22.9 Å². The third-order valence-electron chi connectivity index (χ3n) is 6.19. The van der Waals surface area contributed by atoms with Gasteiger partial charge in [-0.3, -0.25) is 4.79 Å². The summed E-state index contributed by atoms with van der Waals surface area (Å²) in [7, 11) is 0. The van der Waals surface area contributed by atoms with Gasteiger partial charge in [0, 0.05) is 24.7 Å². The third kappa shape index (κ3) is 4.52. The number of nitrogens with zero attached hydrogens (tertiary/aromatic N) is 4. The van der Waals surface area contributed by atoms with Crippen LogP contribution in [-0.4, -0.2) is 33.8 Å². The molecule has 0 saturated carbocycles. The lowest BCUT2D eigenvalue weighted by molar-refractivity contribution is -0.125. The van der Waals surface area contributed by atoms with E-state index >= 15 is 0 Å². The molecule has 1 atom stereocenters. The Bertz CT molecular complexity index is 1350. The summed E-state index contributed by atoms with van der Waals surface area (Å²) >= 11 is 7.72.